The van der Waals surface area contributed by atoms with Crippen molar-refractivity contribution >= 4 is 50.0 Å². The quantitative estimate of drug-likeness (QED) is 0.593. The van der Waals surface area contributed by atoms with E-state index in [1.807, 2.05) is 25.1 Å². The molecule has 0 spiro atoms. The van der Waals surface area contributed by atoms with E-state index in [1.165, 1.54) is 24.3 Å². The number of hydrogen-bond donors (Lipinski definition) is 1. The molecule has 1 heterocycles. The number of allylic oxidation sites excluding steroid dienone is 1. The van der Waals surface area contributed by atoms with Crippen molar-refractivity contribution in [2.75, 3.05) is 0 Å². The molecule has 0 saturated carbocycles. The third kappa shape index (κ3) is 3.24. The van der Waals surface area contributed by atoms with Gasteiger partial charge in [0.15, 0.2) is 0 Å². The third-order valence-corrected chi connectivity index (χ3v) is 6.47. The van der Waals surface area contributed by atoms with Crippen molar-refractivity contribution in [2.45, 2.75) is 18.2 Å². The molecular formula is C19H14Cl2N2O2S. The molecular weight excluding hydrogens is 391 g/mol. The van der Waals surface area contributed by atoms with Crippen LogP contribution in [0.3, 0.4) is 0 Å². The first-order valence-corrected chi connectivity index (χ1v) is 10.0. The normalized spacial score (nSPS) is 12.3. The lowest BCUT2D eigenvalue weighted by Crippen LogP contribution is -2.04. The van der Waals surface area contributed by atoms with Crippen LogP contribution >= 0.6 is 23.2 Å². The van der Waals surface area contributed by atoms with Crippen molar-refractivity contribution in [3.05, 3.63) is 68.7 Å². The van der Waals surface area contributed by atoms with Crippen molar-refractivity contribution in [3.63, 3.8) is 0 Å². The number of sulfone groups is 1. The fourth-order valence-corrected chi connectivity index (χ4v) is 4.67. The summed E-state index contributed by atoms with van der Waals surface area (Å²) in [6.07, 6.45) is 3.88. The van der Waals surface area contributed by atoms with E-state index >= 15 is 0 Å². The number of para-hydroxylation sites is 1. The largest absolute Gasteiger partial charge is 0.360 e. The van der Waals surface area contributed by atoms with E-state index in [1.54, 1.807) is 12.3 Å². The number of H-pyrrole nitrogens is 1. The Hall–Kier alpha value is -2.26. The second-order valence-electron chi connectivity index (χ2n) is 5.64. The molecule has 0 saturated heterocycles. The van der Waals surface area contributed by atoms with Crippen molar-refractivity contribution in [2.24, 2.45) is 0 Å². The van der Waals surface area contributed by atoms with Gasteiger partial charge in [-0.3, -0.25) is 0 Å². The molecule has 3 aromatic rings. The number of fused-ring (bicyclic) bond motifs is 1. The highest BCUT2D eigenvalue weighted by Crippen LogP contribution is 2.31. The zero-order chi connectivity index (χ0) is 18.9. The average molecular weight is 405 g/mol. The van der Waals surface area contributed by atoms with Crippen LogP contribution in [0.15, 0.2) is 52.4 Å². The molecule has 4 nitrogen and oxygen atoms in total. The third-order valence-electron chi connectivity index (χ3n) is 4.08. The Balaban J connectivity index is 2.18. The molecule has 0 unspecified atom stereocenters. The smallest absolute Gasteiger partial charge is 0.218 e. The number of nitrogens with zero attached hydrogens (tertiary/aromatic N) is 1. The Bertz CT molecular complexity index is 1170. The van der Waals surface area contributed by atoms with Gasteiger partial charge in [-0.15, -0.1) is 0 Å². The molecule has 3 rings (SSSR count). The number of aryl methyl sites for hydroxylation is 1. The van der Waals surface area contributed by atoms with E-state index in [0.29, 0.717) is 5.56 Å². The maximum Gasteiger partial charge on any atom is 0.218 e. The molecule has 0 fully saturated rings. The lowest BCUT2D eigenvalue weighted by molar-refractivity contribution is 0.603. The van der Waals surface area contributed by atoms with E-state index < -0.39 is 14.7 Å². The predicted octanol–water partition coefficient (Wildman–Crippen LogP) is 5.38. The monoisotopic (exact) mass is 404 g/mol. The number of hydrogen-bond acceptors (Lipinski definition) is 3. The number of nitrogens with one attached hydrogen (secondary N) is 1. The topological polar surface area (TPSA) is 73.7 Å². The zero-order valence-electron chi connectivity index (χ0n) is 13.8. The van der Waals surface area contributed by atoms with Gasteiger partial charge in [0.25, 0.3) is 0 Å². The fourth-order valence-electron chi connectivity index (χ4n) is 2.77. The first kappa shape index (κ1) is 18.5. The Morgan fingerprint density at radius 1 is 1.27 bits per heavy atom. The van der Waals surface area contributed by atoms with Crippen LogP contribution in [0.1, 0.15) is 18.1 Å². The molecule has 1 N–H and O–H groups in total. The first-order chi connectivity index (χ1) is 12.4. The summed E-state index contributed by atoms with van der Waals surface area (Å²) < 4.78 is 25.8. The van der Waals surface area contributed by atoms with Crippen LogP contribution in [-0.4, -0.2) is 13.4 Å². The molecule has 7 heteroatoms. The van der Waals surface area contributed by atoms with Gasteiger partial charge in [0.2, 0.25) is 9.84 Å². The molecule has 0 radical (unpaired) electrons. The summed E-state index contributed by atoms with van der Waals surface area (Å²) in [5.41, 5.74) is 2.66. The summed E-state index contributed by atoms with van der Waals surface area (Å²) >= 11 is 11.9. The average Bonchev–Trinajstić information content (AvgIpc) is 3.04. The summed E-state index contributed by atoms with van der Waals surface area (Å²) in [6.45, 7) is 2.04. The number of halogens is 2. The van der Waals surface area contributed by atoms with Gasteiger partial charge >= 0.3 is 0 Å². The van der Waals surface area contributed by atoms with Crippen LogP contribution in [-0.2, 0) is 16.3 Å². The predicted molar refractivity (Wildman–Crippen MR) is 105 cm³/mol. The van der Waals surface area contributed by atoms with Gasteiger partial charge in [-0.25, -0.2) is 8.42 Å². The van der Waals surface area contributed by atoms with Gasteiger partial charge in [0, 0.05) is 27.7 Å². The minimum absolute atomic E-state index is 0.0164. The minimum Gasteiger partial charge on any atom is -0.360 e. The molecule has 2 aromatic carbocycles. The Labute approximate surface area is 161 Å². The number of benzene rings is 2. The number of aromatic nitrogens is 1. The maximum atomic E-state index is 12.9. The minimum atomic E-state index is -4.10. The van der Waals surface area contributed by atoms with E-state index in [2.05, 4.69) is 4.98 Å². The van der Waals surface area contributed by atoms with E-state index in [9.17, 15) is 13.7 Å². The molecule has 0 aliphatic rings. The highest BCUT2D eigenvalue weighted by atomic mass is 35.5. The van der Waals surface area contributed by atoms with E-state index in [0.717, 1.165) is 22.9 Å². The summed E-state index contributed by atoms with van der Waals surface area (Å²) in [6, 6.07) is 11.7. The van der Waals surface area contributed by atoms with Gasteiger partial charge < -0.3 is 4.98 Å². The van der Waals surface area contributed by atoms with Crippen molar-refractivity contribution < 1.29 is 8.42 Å². The van der Waals surface area contributed by atoms with Crippen LogP contribution in [0.4, 0.5) is 0 Å². The number of rotatable bonds is 4. The molecule has 0 atom stereocenters. The van der Waals surface area contributed by atoms with Gasteiger partial charge in [-0.2, -0.15) is 5.26 Å². The Kier molecular flexibility index (Phi) is 5.10. The van der Waals surface area contributed by atoms with Gasteiger partial charge in [0.05, 0.1) is 9.92 Å². The molecule has 1 aromatic heterocycles. The van der Waals surface area contributed by atoms with E-state index in [4.69, 9.17) is 23.2 Å². The molecule has 0 bridgehead atoms. The molecule has 26 heavy (non-hydrogen) atoms. The van der Waals surface area contributed by atoms with Gasteiger partial charge in [0.1, 0.15) is 11.0 Å². The molecule has 0 aliphatic carbocycles. The summed E-state index contributed by atoms with van der Waals surface area (Å²) in [4.78, 5) is 2.57. The molecule has 0 aliphatic heterocycles. The fraction of sp³-hybridized carbons (Fsp3) is 0.105. The SMILES string of the molecule is CCc1cccc2c(C=C(C#N)S(=O)(=O)c3cc(Cl)ccc3Cl)c[nH]c12. The molecule has 132 valence electrons. The van der Waals surface area contributed by atoms with Crippen LogP contribution in [0.25, 0.3) is 17.0 Å². The Morgan fingerprint density at radius 2 is 2.04 bits per heavy atom. The summed E-state index contributed by atoms with van der Waals surface area (Å²) in [5, 5.41) is 10.6. The van der Waals surface area contributed by atoms with Crippen molar-refractivity contribution in [1.29, 1.82) is 5.26 Å². The van der Waals surface area contributed by atoms with E-state index in [-0.39, 0.29) is 14.9 Å². The van der Waals surface area contributed by atoms with Crippen LogP contribution in [0, 0.1) is 11.3 Å². The highest BCUT2D eigenvalue weighted by molar-refractivity contribution is 7.95. The lowest BCUT2D eigenvalue weighted by atomic mass is 10.1. The number of aromatic amines is 1. The Morgan fingerprint density at radius 3 is 2.73 bits per heavy atom. The highest BCUT2D eigenvalue weighted by Gasteiger charge is 2.24. The van der Waals surface area contributed by atoms with Gasteiger partial charge in [-0.1, -0.05) is 48.3 Å². The second kappa shape index (κ2) is 7.16. The lowest BCUT2D eigenvalue weighted by Gasteiger charge is -2.06. The zero-order valence-corrected chi connectivity index (χ0v) is 16.1. The number of nitriles is 1. The van der Waals surface area contributed by atoms with Crippen LogP contribution in [0.2, 0.25) is 10.0 Å². The van der Waals surface area contributed by atoms with Crippen LogP contribution < -0.4 is 0 Å². The van der Waals surface area contributed by atoms with Crippen LogP contribution in [0.5, 0.6) is 0 Å². The van der Waals surface area contributed by atoms with Gasteiger partial charge in [-0.05, 0) is 36.3 Å². The summed E-state index contributed by atoms with van der Waals surface area (Å²) in [5.74, 6) is 0. The van der Waals surface area contributed by atoms with Crippen molar-refractivity contribution in [3.8, 4) is 6.07 Å². The second-order valence-corrected chi connectivity index (χ2v) is 8.37. The maximum absolute atomic E-state index is 12.9. The summed E-state index contributed by atoms with van der Waals surface area (Å²) in [7, 11) is -4.10. The molecule has 0 amide bonds. The standard InChI is InChI=1S/C19H14Cl2N2O2S/c1-2-12-4-3-5-16-13(11-23-19(12)16)8-15(10-22)26(24,25)18-9-14(20)6-7-17(18)21/h3-9,11,23H,2H2,1H3. The first-order valence-electron chi connectivity index (χ1n) is 7.79. The van der Waals surface area contributed by atoms with Crippen molar-refractivity contribution in [1.82, 2.24) is 4.98 Å².